The van der Waals surface area contributed by atoms with Crippen molar-refractivity contribution in [2.45, 2.75) is 50.2 Å². The van der Waals surface area contributed by atoms with Crippen molar-refractivity contribution in [3.63, 3.8) is 0 Å². The van der Waals surface area contributed by atoms with Crippen LogP contribution in [0.15, 0.2) is 23.1 Å². The van der Waals surface area contributed by atoms with Gasteiger partial charge in [-0.25, -0.2) is 13.6 Å². The van der Waals surface area contributed by atoms with E-state index in [9.17, 15) is 8.42 Å². The zero-order valence-corrected chi connectivity index (χ0v) is 12.9. The third-order valence-electron chi connectivity index (χ3n) is 3.45. The summed E-state index contributed by atoms with van der Waals surface area (Å²) in [6.07, 6.45) is 2.08. The first kappa shape index (κ1) is 15.3. The Hall–Kier alpha value is -1.11. The van der Waals surface area contributed by atoms with Crippen LogP contribution in [0.1, 0.15) is 32.3 Å². The van der Waals surface area contributed by atoms with Crippen LogP contribution < -0.4 is 9.88 Å². The van der Waals surface area contributed by atoms with E-state index in [1.807, 2.05) is 0 Å². The maximum absolute atomic E-state index is 11.3. The lowest BCUT2D eigenvalue weighted by Gasteiger charge is -2.20. The minimum atomic E-state index is -3.67. The van der Waals surface area contributed by atoms with Gasteiger partial charge < -0.3 is 9.47 Å². The molecule has 5 nitrogen and oxygen atoms in total. The molecule has 1 aliphatic rings. The van der Waals surface area contributed by atoms with Crippen LogP contribution in [0.4, 0.5) is 0 Å². The van der Waals surface area contributed by atoms with Crippen molar-refractivity contribution in [3.8, 4) is 5.75 Å². The number of aryl methyl sites for hydroxylation is 1. The number of sulfonamides is 1. The molecule has 1 fully saturated rings. The summed E-state index contributed by atoms with van der Waals surface area (Å²) in [5.74, 6) is 0.658. The highest BCUT2D eigenvalue weighted by Gasteiger charge is 2.31. The van der Waals surface area contributed by atoms with Crippen molar-refractivity contribution in [2.75, 3.05) is 6.61 Å². The van der Waals surface area contributed by atoms with Gasteiger partial charge in [0.2, 0.25) is 10.0 Å². The lowest BCUT2D eigenvalue weighted by Crippen LogP contribution is -2.24. The van der Waals surface area contributed by atoms with E-state index in [1.165, 1.54) is 12.1 Å². The molecule has 1 aromatic carbocycles. The van der Waals surface area contributed by atoms with Crippen LogP contribution in [0.3, 0.4) is 0 Å². The number of hydrogen-bond donors (Lipinski definition) is 1. The third-order valence-corrected chi connectivity index (χ3v) is 4.36. The van der Waals surface area contributed by atoms with Crippen molar-refractivity contribution >= 4 is 10.0 Å². The Morgan fingerprint density at radius 1 is 1.45 bits per heavy atom. The summed E-state index contributed by atoms with van der Waals surface area (Å²) >= 11 is 0. The molecule has 1 atom stereocenters. The molecule has 2 rings (SSSR count). The summed E-state index contributed by atoms with van der Waals surface area (Å²) in [6.45, 7) is 6.40. The van der Waals surface area contributed by atoms with E-state index in [4.69, 9.17) is 14.6 Å². The van der Waals surface area contributed by atoms with Crippen LogP contribution >= 0.6 is 0 Å². The first-order chi connectivity index (χ1) is 9.17. The monoisotopic (exact) mass is 299 g/mol. The maximum Gasteiger partial charge on any atom is 0.238 e. The van der Waals surface area contributed by atoms with Gasteiger partial charge in [0.1, 0.15) is 12.4 Å². The molecule has 0 aliphatic carbocycles. The molecule has 20 heavy (non-hydrogen) atoms. The van der Waals surface area contributed by atoms with E-state index in [0.29, 0.717) is 12.4 Å². The highest BCUT2D eigenvalue weighted by atomic mass is 32.2. The second kappa shape index (κ2) is 5.35. The number of nitrogens with two attached hydrogens (primary N) is 1. The van der Waals surface area contributed by atoms with E-state index < -0.39 is 10.0 Å². The first-order valence-electron chi connectivity index (χ1n) is 6.61. The Kier molecular flexibility index (Phi) is 4.09. The van der Waals surface area contributed by atoms with E-state index in [2.05, 4.69) is 13.8 Å². The molecule has 0 aromatic heterocycles. The van der Waals surface area contributed by atoms with Gasteiger partial charge in [0.05, 0.1) is 16.6 Å². The van der Waals surface area contributed by atoms with Gasteiger partial charge >= 0.3 is 0 Å². The number of rotatable bonds is 4. The number of benzene rings is 1. The van der Waals surface area contributed by atoms with E-state index in [1.54, 1.807) is 13.0 Å². The van der Waals surface area contributed by atoms with Gasteiger partial charge in [-0.2, -0.15) is 0 Å². The highest BCUT2D eigenvalue weighted by Crippen LogP contribution is 2.30. The van der Waals surface area contributed by atoms with Gasteiger partial charge in [-0.1, -0.05) is 0 Å². The predicted octanol–water partition coefficient (Wildman–Crippen LogP) is 1.98. The largest absolute Gasteiger partial charge is 0.491 e. The molecule has 1 heterocycles. The van der Waals surface area contributed by atoms with Crippen LogP contribution in [0.5, 0.6) is 5.75 Å². The smallest absolute Gasteiger partial charge is 0.238 e. The summed E-state index contributed by atoms with van der Waals surface area (Å²) in [5.41, 5.74) is 0.661. The second-order valence-electron chi connectivity index (χ2n) is 5.82. The summed E-state index contributed by atoms with van der Waals surface area (Å²) in [5, 5.41) is 5.09. The molecule has 1 saturated heterocycles. The van der Waals surface area contributed by atoms with Gasteiger partial charge in [-0.3, -0.25) is 0 Å². The zero-order chi connectivity index (χ0) is 15.0. The molecular weight excluding hydrogens is 278 g/mol. The molecular formula is C14H21NO4S. The number of hydrogen-bond acceptors (Lipinski definition) is 4. The van der Waals surface area contributed by atoms with Crippen molar-refractivity contribution in [1.29, 1.82) is 0 Å². The van der Waals surface area contributed by atoms with Crippen molar-refractivity contribution in [2.24, 2.45) is 5.14 Å². The SMILES string of the molecule is Cc1cc(S(N)(=O)=O)ccc1OCC1CCC(C)(C)O1. The summed E-state index contributed by atoms with van der Waals surface area (Å²) < 4.78 is 34.1. The zero-order valence-electron chi connectivity index (χ0n) is 12.0. The fourth-order valence-corrected chi connectivity index (χ4v) is 2.94. The average Bonchev–Trinajstić information content (AvgIpc) is 2.66. The van der Waals surface area contributed by atoms with E-state index in [-0.39, 0.29) is 16.6 Å². The molecule has 0 saturated carbocycles. The van der Waals surface area contributed by atoms with Gasteiger partial charge in [-0.15, -0.1) is 0 Å². The molecule has 0 spiro atoms. The van der Waals surface area contributed by atoms with Crippen molar-refractivity contribution in [3.05, 3.63) is 23.8 Å². The van der Waals surface area contributed by atoms with Crippen LogP contribution in [0.25, 0.3) is 0 Å². The number of primary sulfonamides is 1. The molecule has 1 unspecified atom stereocenters. The highest BCUT2D eigenvalue weighted by molar-refractivity contribution is 7.89. The van der Waals surface area contributed by atoms with Crippen molar-refractivity contribution in [1.82, 2.24) is 0 Å². The average molecular weight is 299 g/mol. The number of ether oxygens (including phenoxy) is 2. The Morgan fingerprint density at radius 2 is 2.15 bits per heavy atom. The Morgan fingerprint density at radius 3 is 2.65 bits per heavy atom. The van der Waals surface area contributed by atoms with Gasteiger partial charge in [0, 0.05) is 0 Å². The first-order valence-corrected chi connectivity index (χ1v) is 8.16. The van der Waals surface area contributed by atoms with Crippen LogP contribution in [-0.2, 0) is 14.8 Å². The molecule has 0 radical (unpaired) electrons. The molecule has 2 N–H and O–H groups in total. The van der Waals surface area contributed by atoms with Gasteiger partial charge in [-0.05, 0) is 57.4 Å². The summed E-state index contributed by atoms with van der Waals surface area (Å²) in [7, 11) is -3.67. The third kappa shape index (κ3) is 3.71. The fourth-order valence-electron chi connectivity index (χ4n) is 2.34. The summed E-state index contributed by atoms with van der Waals surface area (Å²) in [6, 6.07) is 4.61. The topological polar surface area (TPSA) is 78.6 Å². The Bertz CT molecular complexity index is 595. The minimum absolute atomic E-state index is 0.0828. The molecule has 0 amide bonds. The minimum Gasteiger partial charge on any atom is -0.491 e. The van der Waals surface area contributed by atoms with Crippen LogP contribution in [0.2, 0.25) is 0 Å². The fraction of sp³-hybridized carbons (Fsp3) is 0.571. The molecule has 1 aromatic rings. The quantitative estimate of drug-likeness (QED) is 0.922. The van der Waals surface area contributed by atoms with Gasteiger partial charge in [0.15, 0.2) is 0 Å². The Labute approximate surface area is 120 Å². The van der Waals surface area contributed by atoms with E-state index in [0.717, 1.165) is 18.4 Å². The molecule has 0 bridgehead atoms. The second-order valence-corrected chi connectivity index (χ2v) is 7.38. The van der Waals surface area contributed by atoms with Crippen molar-refractivity contribution < 1.29 is 17.9 Å². The predicted molar refractivity (Wildman–Crippen MR) is 76.2 cm³/mol. The lowest BCUT2D eigenvalue weighted by molar-refractivity contribution is -0.0327. The molecule has 6 heteroatoms. The summed E-state index contributed by atoms with van der Waals surface area (Å²) in [4.78, 5) is 0.0978. The maximum atomic E-state index is 11.3. The van der Waals surface area contributed by atoms with Gasteiger partial charge in [0.25, 0.3) is 0 Å². The lowest BCUT2D eigenvalue weighted by atomic mass is 10.1. The van der Waals surface area contributed by atoms with E-state index >= 15 is 0 Å². The standard InChI is InChI=1S/C14H21NO4S/c1-10-8-12(20(15,16)17)4-5-13(10)18-9-11-6-7-14(2,3)19-11/h4-5,8,11H,6-7,9H2,1-3H3,(H2,15,16,17). The van der Waals surface area contributed by atoms with Crippen LogP contribution in [0, 0.1) is 6.92 Å². The molecule has 1 aliphatic heterocycles. The Balaban J connectivity index is 2.01. The molecule has 112 valence electrons. The van der Waals surface area contributed by atoms with Crippen LogP contribution in [-0.4, -0.2) is 26.7 Å². The normalized spacial score (nSPS) is 21.9.